The van der Waals surface area contributed by atoms with Crippen LogP contribution < -0.4 is 4.31 Å². The van der Waals surface area contributed by atoms with Crippen molar-refractivity contribution in [3.8, 4) is 0 Å². The van der Waals surface area contributed by atoms with Gasteiger partial charge in [-0.15, -0.1) is 0 Å². The van der Waals surface area contributed by atoms with E-state index in [-0.39, 0.29) is 0 Å². The van der Waals surface area contributed by atoms with E-state index in [1.54, 1.807) is 10.4 Å². The van der Waals surface area contributed by atoms with Gasteiger partial charge in [0.1, 0.15) is 0 Å². The summed E-state index contributed by atoms with van der Waals surface area (Å²) < 4.78 is 27.9. The monoisotopic (exact) mass is 403 g/mol. The van der Waals surface area contributed by atoms with E-state index in [0.717, 1.165) is 36.0 Å². The van der Waals surface area contributed by atoms with Crippen LogP contribution in [0.1, 0.15) is 11.3 Å². The van der Waals surface area contributed by atoms with Crippen LogP contribution in [-0.4, -0.2) is 37.9 Å². The van der Waals surface area contributed by atoms with Gasteiger partial charge in [-0.3, -0.25) is 9.21 Å². The van der Waals surface area contributed by atoms with E-state index < -0.39 is 10.0 Å². The van der Waals surface area contributed by atoms with Gasteiger partial charge in [0.2, 0.25) is 0 Å². The average Bonchev–Trinajstić information content (AvgIpc) is 3.21. The van der Waals surface area contributed by atoms with Crippen LogP contribution in [0.3, 0.4) is 0 Å². The number of rotatable bonds is 3. The van der Waals surface area contributed by atoms with Gasteiger partial charge in [-0.25, -0.2) is 8.42 Å². The lowest BCUT2D eigenvalue weighted by Gasteiger charge is -2.29. The molecule has 0 radical (unpaired) electrons. The Labute approximate surface area is 169 Å². The molecule has 29 heavy (non-hydrogen) atoms. The maximum absolute atomic E-state index is 13.2. The van der Waals surface area contributed by atoms with Gasteiger partial charge in [0.15, 0.2) is 0 Å². The summed E-state index contributed by atoms with van der Waals surface area (Å²) in [6.45, 7) is 2.96. The molecule has 1 aromatic heterocycles. The molecule has 5 nitrogen and oxygen atoms in total. The lowest BCUT2D eigenvalue weighted by atomic mass is 10.0. The van der Waals surface area contributed by atoms with Crippen molar-refractivity contribution >= 4 is 37.4 Å². The Morgan fingerprint density at radius 3 is 2.66 bits per heavy atom. The van der Waals surface area contributed by atoms with E-state index in [2.05, 4.69) is 34.1 Å². The molecule has 2 aliphatic heterocycles. The highest BCUT2D eigenvalue weighted by Crippen LogP contribution is 2.41. The van der Waals surface area contributed by atoms with Crippen molar-refractivity contribution in [2.75, 3.05) is 23.9 Å². The molecule has 0 atom stereocenters. The Bertz CT molecular complexity index is 1370. The number of anilines is 1. The first kappa shape index (κ1) is 17.1. The van der Waals surface area contributed by atoms with E-state index in [0.29, 0.717) is 18.0 Å². The molecule has 4 aromatic rings. The molecule has 0 aliphatic carbocycles. The summed E-state index contributed by atoms with van der Waals surface area (Å²) in [5.41, 5.74) is 4.65. The van der Waals surface area contributed by atoms with Crippen molar-refractivity contribution in [1.29, 1.82) is 0 Å². The van der Waals surface area contributed by atoms with Gasteiger partial charge >= 0.3 is 0 Å². The predicted molar refractivity (Wildman–Crippen MR) is 116 cm³/mol. The van der Waals surface area contributed by atoms with Crippen molar-refractivity contribution in [2.24, 2.45) is 0 Å². The van der Waals surface area contributed by atoms with Crippen molar-refractivity contribution in [1.82, 2.24) is 9.88 Å². The van der Waals surface area contributed by atoms with Gasteiger partial charge in [-0.2, -0.15) is 0 Å². The molecule has 3 heterocycles. The molecule has 0 spiro atoms. The number of fused-ring (bicyclic) bond motifs is 3. The second-order valence-electron chi connectivity index (χ2n) is 7.86. The first-order valence-electron chi connectivity index (χ1n) is 9.98. The van der Waals surface area contributed by atoms with Gasteiger partial charge in [0.05, 0.1) is 10.6 Å². The highest BCUT2D eigenvalue weighted by Gasteiger charge is 2.35. The summed E-state index contributed by atoms with van der Waals surface area (Å²) >= 11 is 0. The fraction of sp³-hybridized carbons (Fsp3) is 0.217. The summed E-state index contributed by atoms with van der Waals surface area (Å²) in [4.78, 5) is 6.33. The number of aromatic nitrogens is 1. The van der Waals surface area contributed by atoms with Crippen LogP contribution in [-0.2, 0) is 23.0 Å². The van der Waals surface area contributed by atoms with Crippen molar-refractivity contribution in [2.45, 2.75) is 17.9 Å². The normalized spacial score (nSPS) is 17.9. The first-order valence-corrected chi connectivity index (χ1v) is 11.4. The predicted octanol–water partition coefficient (Wildman–Crippen LogP) is 3.89. The molecule has 2 aliphatic rings. The standard InChI is InChI=1S/C23H21N3O2S/c27-29(28)22-10-4-6-16-5-3-9-21(23(16)22)26(29)14-13-25-12-11-20-18(15-25)17-7-1-2-8-19(17)24-20/h1-10,24H,11-15H2. The van der Waals surface area contributed by atoms with Crippen LogP contribution in [0.4, 0.5) is 5.69 Å². The van der Waals surface area contributed by atoms with Gasteiger partial charge in [0, 0.05) is 54.6 Å². The molecule has 0 amide bonds. The molecule has 1 N–H and O–H groups in total. The van der Waals surface area contributed by atoms with E-state index >= 15 is 0 Å². The lowest BCUT2D eigenvalue weighted by Crippen LogP contribution is -2.39. The molecule has 146 valence electrons. The third-order valence-electron chi connectivity index (χ3n) is 6.26. The van der Waals surface area contributed by atoms with Crippen LogP contribution >= 0.6 is 0 Å². The van der Waals surface area contributed by atoms with Crippen LogP contribution in [0.25, 0.3) is 21.7 Å². The summed E-state index contributed by atoms with van der Waals surface area (Å²) in [5, 5.41) is 3.11. The summed E-state index contributed by atoms with van der Waals surface area (Å²) in [7, 11) is -3.48. The van der Waals surface area contributed by atoms with Crippen LogP contribution in [0, 0.1) is 0 Å². The smallest absolute Gasteiger partial charge is 0.265 e. The average molecular weight is 404 g/mol. The molecule has 0 saturated heterocycles. The van der Waals surface area contributed by atoms with Crippen LogP contribution in [0.15, 0.2) is 65.6 Å². The SMILES string of the molecule is O=S1(=O)c2cccc3cccc(c23)N1CCN1CCc2[nH]c3ccccc3c2C1. The van der Waals surface area contributed by atoms with Gasteiger partial charge in [-0.05, 0) is 29.1 Å². The molecule has 3 aromatic carbocycles. The Morgan fingerprint density at radius 2 is 1.76 bits per heavy atom. The minimum atomic E-state index is -3.48. The largest absolute Gasteiger partial charge is 0.358 e. The lowest BCUT2D eigenvalue weighted by molar-refractivity contribution is 0.262. The highest BCUT2D eigenvalue weighted by molar-refractivity contribution is 7.93. The number of nitrogens with one attached hydrogen (secondary N) is 1. The molecule has 0 saturated carbocycles. The Kier molecular flexibility index (Phi) is 3.58. The molecule has 6 heteroatoms. The van der Waals surface area contributed by atoms with Crippen molar-refractivity contribution in [3.63, 3.8) is 0 Å². The number of hydrogen-bond donors (Lipinski definition) is 1. The third-order valence-corrected chi connectivity index (χ3v) is 8.12. The minimum absolute atomic E-state index is 0.433. The number of nitrogens with zero attached hydrogens (tertiary/aromatic N) is 2. The molecule has 0 fully saturated rings. The molecule has 0 unspecified atom stereocenters. The maximum Gasteiger partial charge on any atom is 0.265 e. The quantitative estimate of drug-likeness (QED) is 0.565. The molecular formula is C23H21N3O2S. The maximum atomic E-state index is 13.2. The van der Waals surface area contributed by atoms with Crippen LogP contribution in [0.2, 0.25) is 0 Å². The number of aromatic amines is 1. The molecule has 0 bridgehead atoms. The number of hydrogen-bond acceptors (Lipinski definition) is 3. The first-order chi connectivity index (χ1) is 14.1. The van der Waals surface area contributed by atoms with Crippen molar-refractivity contribution < 1.29 is 8.42 Å². The van der Waals surface area contributed by atoms with E-state index in [1.807, 2.05) is 30.3 Å². The fourth-order valence-electron chi connectivity index (χ4n) is 4.84. The summed E-state index contributed by atoms with van der Waals surface area (Å²) in [6, 6.07) is 19.8. The van der Waals surface area contributed by atoms with Crippen molar-refractivity contribution in [3.05, 3.63) is 71.9 Å². The zero-order chi connectivity index (χ0) is 19.6. The fourth-order valence-corrected chi connectivity index (χ4v) is 6.55. The van der Waals surface area contributed by atoms with E-state index in [1.165, 1.54) is 22.2 Å². The summed E-state index contributed by atoms with van der Waals surface area (Å²) in [5.74, 6) is 0. The third kappa shape index (κ3) is 2.46. The van der Waals surface area contributed by atoms with E-state index in [9.17, 15) is 8.42 Å². The zero-order valence-corrected chi connectivity index (χ0v) is 16.7. The second kappa shape index (κ2) is 6.08. The van der Waals surface area contributed by atoms with Gasteiger partial charge in [0.25, 0.3) is 10.0 Å². The number of H-pyrrole nitrogens is 1. The Morgan fingerprint density at radius 1 is 0.931 bits per heavy atom. The van der Waals surface area contributed by atoms with Crippen LogP contribution in [0.5, 0.6) is 0 Å². The number of sulfonamides is 1. The molecule has 6 rings (SSSR count). The van der Waals surface area contributed by atoms with E-state index in [4.69, 9.17) is 0 Å². The van der Waals surface area contributed by atoms with Gasteiger partial charge in [-0.1, -0.05) is 42.5 Å². The number of para-hydroxylation sites is 1. The van der Waals surface area contributed by atoms with Gasteiger partial charge < -0.3 is 4.98 Å². The number of benzene rings is 3. The second-order valence-corrected chi connectivity index (χ2v) is 9.69. The zero-order valence-electron chi connectivity index (χ0n) is 15.9. The topological polar surface area (TPSA) is 56.4 Å². The Balaban J connectivity index is 1.28. The highest BCUT2D eigenvalue weighted by atomic mass is 32.2. The summed E-state index contributed by atoms with van der Waals surface area (Å²) in [6.07, 6.45) is 0.965. The molecular weight excluding hydrogens is 382 g/mol. The Hall–Kier alpha value is -2.83. The minimum Gasteiger partial charge on any atom is -0.358 e.